The molecule has 26 heavy (non-hydrogen) atoms. The maximum absolute atomic E-state index is 12.0. The van der Waals surface area contributed by atoms with E-state index in [2.05, 4.69) is 10.3 Å². The van der Waals surface area contributed by atoms with E-state index in [1.54, 1.807) is 56.3 Å². The molecule has 2 aromatic carbocycles. The number of nitrogens with one attached hydrogen (secondary N) is 2. The first-order chi connectivity index (χ1) is 12.5. The average molecular weight is 373 g/mol. The minimum absolute atomic E-state index is 0.119. The van der Waals surface area contributed by atoms with Crippen LogP contribution in [0.2, 0.25) is 5.02 Å². The summed E-state index contributed by atoms with van der Waals surface area (Å²) < 4.78 is 12.0. The summed E-state index contributed by atoms with van der Waals surface area (Å²) in [6, 6.07) is 13.7. The van der Waals surface area contributed by atoms with Crippen LogP contribution in [0.4, 0.5) is 10.7 Å². The quantitative estimate of drug-likeness (QED) is 0.523. The number of imidazole rings is 1. The van der Waals surface area contributed by atoms with Gasteiger partial charge in [-0.2, -0.15) is 0 Å². The van der Waals surface area contributed by atoms with Gasteiger partial charge in [-0.25, -0.2) is 14.3 Å². The van der Waals surface area contributed by atoms with Crippen LogP contribution in [0, 0.1) is 5.41 Å². The molecule has 134 valence electrons. The second-order valence-corrected chi connectivity index (χ2v) is 6.08. The van der Waals surface area contributed by atoms with E-state index in [1.807, 2.05) is 6.07 Å². The fraction of sp³-hybridized carbons (Fsp3) is 0.167. The normalized spacial score (nSPS) is 10.8. The van der Waals surface area contributed by atoms with Crippen LogP contribution < -0.4 is 10.1 Å². The standard InChI is InChI=1S/C18H17ClN4O3/c1-11(2)25-18(24)22-17-21-13-8-4-5-9-14(13)23(17)16(20)26-15-10-6-3-7-12(15)19/h3-11,20H,1-2H3,(H,21,22,24). The van der Waals surface area contributed by atoms with Gasteiger partial charge in [0.15, 0.2) is 0 Å². The Balaban J connectivity index is 1.97. The predicted octanol–water partition coefficient (Wildman–Crippen LogP) is 4.51. The average Bonchev–Trinajstić information content (AvgIpc) is 2.93. The van der Waals surface area contributed by atoms with Crippen molar-refractivity contribution in [1.82, 2.24) is 9.55 Å². The molecule has 8 heteroatoms. The number of hydrogen-bond donors (Lipinski definition) is 2. The lowest BCUT2D eigenvalue weighted by Crippen LogP contribution is -2.24. The van der Waals surface area contributed by atoms with Crippen molar-refractivity contribution in [2.24, 2.45) is 0 Å². The number of para-hydroxylation sites is 3. The van der Waals surface area contributed by atoms with Crippen LogP contribution in [-0.4, -0.2) is 27.8 Å². The van der Waals surface area contributed by atoms with Crippen LogP contribution in [0.15, 0.2) is 48.5 Å². The molecule has 0 atom stereocenters. The maximum atomic E-state index is 12.0. The zero-order valence-corrected chi connectivity index (χ0v) is 14.9. The van der Waals surface area contributed by atoms with E-state index >= 15 is 0 Å². The molecule has 1 amide bonds. The smallest absolute Gasteiger partial charge is 0.414 e. The van der Waals surface area contributed by atoms with Crippen molar-refractivity contribution >= 4 is 40.7 Å². The molecule has 0 unspecified atom stereocenters. The zero-order valence-electron chi connectivity index (χ0n) is 14.2. The summed E-state index contributed by atoms with van der Waals surface area (Å²) in [5.41, 5.74) is 1.20. The molecular weight excluding hydrogens is 356 g/mol. The molecule has 3 aromatic rings. The number of amides is 1. The lowest BCUT2D eigenvalue weighted by atomic mass is 10.3. The Morgan fingerprint density at radius 3 is 2.62 bits per heavy atom. The molecule has 7 nitrogen and oxygen atoms in total. The van der Waals surface area contributed by atoms with E-state index in [9.17, 15) is 4.79 Å². The van der Waals surface area contributed by atoms with Crippen LogP contribution in [0.25, 0.3) is 11.0 Å². The molecule has 0 radical (unpaired) electrons. The predicted molar refractivity (Wildman–Crippen MR) is 100 cm³/mol. The molecule has 0 bridgehead atoms. The number of fused-ring (bicyclic) bond motifs is 1. The van der Waals surface area contributed by atoms with Crippen molar-refractivity contribution in [3.8, 4) is 5.75 Å². The van der Waals surface area contributed by atoms with Gasteiger partial charge in [0.2, 0.25) is 5.95 Å². The SMILES string of the molecule is CC(C)OC(=O)Nc1nc2ccccc2n1C(=N)Oc1ccccc1Cl. The van der Waals surface area contributed by atoms with Crippen molar-refractivity contribution in [2.75, 3.05) is 5.32 Å². The monoisotopic (exact) mass is 372 g/mol. The third kappa shape index (κ3) is 3.78. The summed E-state index contributed by atoms with van der Waals surface area (Å²) >= 11 is 6.09. The summed E-state index contributed by atoms with van der Waals surface area (Å²) in [4.78, 5) is 16.3. The third-order valence-electron chi connectivity index (χ3n) is 3.36. The number of rotatable bonds is 3. The van der Waals surface area contributed by atoms with Crippen LogP contribution >= 0.6 is 11.6 Å². The first-order valence-corrected chi connectivity index (χ1v) is 8.30. The summed E-state index contributed by atoms with van der Waals surface area (Å²) in [5.74, 6) is 0.446. The van der Waals surface area contributed by atoms with Crippen LogP contribution in [-0.2, 0) is 4.74 Å². The lowest BCUT2D eigenvalue weighted by molar-refractivity contribution is 0.129. The molecule has 0 saturated carbocycles. The summed E-state index contributed by atoms with van der Waals surface area (Å²) in [7, 11) is 0. The molecule has 1 aromatic heterocycles. The molecule has 0 saturated heterocycles. The van der Waals surface area contributed by atoms with Gasteiger partial charge in [-0.3, -0.25) is 10.7 Å². The second-order valence-electron chi connectivity index (χ2n) is 5.68. The Kier molecular flexibility index (Phi) is 5.09. The van der Waals surface area contributed by atoms with Crippen molar-refractivity contribution in [1.29, 1.82) is 5.41 Å². The van der Waals surface area contributed by atoms with Gasteiger partial charge < -0.3 is 9.47 Å². The Morgan fingerprint density at radius 1 is 1.19 bits per heavy atom. The number of anilines is 1. The molecule has 0 aliphatic heterocycles. The molecule has 1 heterocycles. The van der Waals surface area contributed by atoms with Crippen LogP contribution in [0.3, 0.4) is 0 Å². The number of carbonyl (C=O) groups excluding carboxylic acids is 1. The lowest BCUT2D eigenvalue weighted by Gasteiger charge is -2.13. The van der Waals surface area contributed by atoms with Crippen LogP contribution in [0.5, 0.6) is 5.75 Å². The van der Waals surface area contributed by atoms with Gasteiger partial charge in [-0.15, -0.1) is 0 Å². The Hall–Kier alpha value is -3.06. The number of nitrogens with zero attached hydrogens (tertiary/aromatic N) is 2. The topological polar surface area (TPSA) is 89.2 Å². The first-order valence-electron chi connectivity index (χ1n) is 7.92. The van der Waals surface area contributed by atoms with Gasteiger partial charge in [-0.1, -0.05) is 35.9 Å². The van der Waals surface area contributed by atoms with Gasteiger partial charge in [0, 0.05) is 0 Å². The minimum atomic E-state index is -0.665. The molecule has 0 spiro atoms. The largest absolute Gasteiger partial charge is 0.447 e. The molecule has 3 rings (SSSR count). The van der Waals surface area contributed by atoms with Crippen molar-refractivity contribution in [3.63, 3.8) is 0 Å². The Labute approximate surface area is 155 Å². The van der Waals surface area contributed by atoms with Gasteiger partial charge >= 0.3 is 12.1 Å². The zero-order chi connectivity index (χ0) is 18.7. The summed E-state index contributed by atoms with van der Waals surface area (Å²) in [6.45, 7) is 3.48. The molecular formula is C18H17ClN4O3. The van der Waals surface area contributed by atoms with Gasteiger partial charge in [-0.05, 0) is 38.1 Å². The first kappa shape index (κ1) is 17.8. The number of aromatic nitrogens is 2. The highest BCUT2D eigenvalue weighted by molar-refractivity contribution is 6.32. The molecule has 0 aliphatic rings. The number of carbonyl (C=O) groups is 1. The van der Waals surface area contributed by atoms with Gasteiger partial charge in [0.1, 0.15) is 5.75 Å². The number of benzene rings is 2. The molecule has 2 N–H and O–H groups in total. The maximum Gasteiger partial charge on any atom is 0.414 e. The summed E-state index contributed by atoms with van der Waals surface area (Å²) in [5, 5.41) is 11.3. The summed E-state index contributed by atoms with van der Waals surface area (Å²) in [6.07, 6.45) is -0.950. The van der Waals surface area contributed by atoms with E-state index in [0.29, 0.717) is 21.8 Å². The fourth-order valence-electron chi connectivity index (χ4n) is 2.33. The van der Waals surface area contributed by atoms with E-state index < -0.39 is 6.09 Å². The van der Waals surface area contributed by atoms with Crippen molar-refractivity contribution in [3.05, 3.63) is 53.6 Å². The highest BCUT2D eigenvalue weighted by atomic mass is 35.5. The number of hydrogen-bond acceptors (Lipinski definition) is 5. The number of ether oxygens (including phenoxy) is 2. The minimum Gasteiger partial charge on any atom is -0.447 e. The molecule has 0 aliphatic carbocycles. The van der Waals surface area contributed by atoms with Gasteiger partial charge in [0.05, 0.1) is 22.2 Å². The van der Waals surface area contributed by atoms with E-state index in [-0.39, 0.29) is 18.1 Å². The highest BCUT2D eigenvalue weighted by Crippen LogP contribution is 2.25. The number of halogens is 1. The highest BCUT2D eigenvalue weighted by Gasteiger charge is 2.19. The molecule has 0 fully saturated rings. The fourth-order valence-corrected chi connectivity index (χ4v) is 2.50. The third-order valence-corrected chi connectivity index (χ3v) is 3.68. The van der Waals surface area contributed by atoms with E-state index in [4.69, 9.17) is 26.5 Å². The van der Waals surface area contributed by atoms with Crippen LogP contribution in [0.1, 0.15) is 13.8 Å². The van der Waals surface area contributed by atoms with E-state index in [1.165, 1.54) is 4.57 Å². The Bertz CT molecular complexity index is 968. The Morgan fingerprint density at radius 2 is 1.88 bits per heavy atom. The van der Waals surface area contributed by atoms with E-state index in [0.717, 1.165) is 0 Å². The van der Waals surface area contributed by atoms with Crippen molar-refractivity contribution < 1.29 is 14.3 Å². The van der Waals surface area contributed by atoms with Gasteiger partial charge in [0.25, 0.3) is 0 Å². The second kappa shape index (κ2) is 7.45. The van der Waals surface area contributed by atoms with Crippen molar-refractivity contribution in [2.45, 2.75) is 20.0 Å².